The second-order valence-corrected chi connectivity index (χ2v) is 8.22. The van der Waals surface area contributed by atoms with Gasteiger partial charge in [0.2, 0.25) is 0 Å². The van der Waals surface area contributed by atoms with E-state index >= 15 is 0 Å². The Morgan fingerprint density at radius 3 is 0.895 bits per heavy atom. The van der Waals surface area contributed by atoms with E-state index < -0.39 is 82.7 Å². The molecule has 0 saturated carbocycles. The molecule has 0 aromatic carbocycles. The van der Waals surface area contributed by atoms with Crippen molar-refractivity contribution in [1.29, 1.82) is 0 Å². The molecule has 1 atom stereocenters. The highest BCUT2D eigenvalue weighted by atomic mass is 32.2. The molecule has 0 heterocycles. The normalized spacial score (nSPS) is 17.6. The molecule has 0 saturated heterocycles. The van der Waals surface area contributed by atoms with Crippen molar-refractivity contribution in [1.82, 2.24) is 4.72 Å². The van der Waals surface area contributed by atoms with Crippen LogP contribution in [0.2, 0.25) is 0 Å². The summed E-state index contributed by atoms with van der Waals surface area (Å²) in [7, 11) is -6.17. The van der Waals surface area contributed by atoms with Crippen LogP contribution in [-0.4, -0.2) is 78.5 Å². The summed E-state index contributed by atoms with van der Waals surface area (Å²) < 4.78 is 305. The quantitative estimate of drug-likeness (QED) is 0.213. The summed E-state index contributed by atoms with van der Waals surface area (Å²) >= 11 is 0. The molecule has 1 unspecified atom stereocenters. The largest absolute Gasteiger partial charge is 0.460 e. The molecule has 0 aliphatic heterocycles. The number of halogens is 21. The third kappa shape index (κ3) is 4.70. The first-order chi connectivity index (χ1) is 15.9. The van der Waals surface area contributed by atoms with Crippen molar-refractivity contribution in [2.24, 2.45) is 0 Å². The predicted molar refractivity (Wildman–Crippen MR) is 74.7 cm³/mol. The van der Waals surface area contributed by atoms with Gasteiger partial charge in [0.05, 0.1) is 6.04 Å². The van der Waals surface area contributed by atoms with Crippen LogP contribution < -0.4 is 4.72 Å². The van der Waals surface area contributed by atoms with Crippen LogP contribution in [0.3, 0.4) is 0 Å². The Kier molecular flexibility index (Phi) is 8.58. The molecule has 0 fully saturated rings. The summed E-state index contributed by atoms with van der Waals surface area (Å²) in [6, 6.07) is -4.28. The van der Waals surface area contributed by atoms with Crippen LogP contribution in [-0.2, 0) is 10.3 Å². The molecule has 26 heteroatoms. The standard InChI is InChI=1S/C12H6F21NO3S/c1-2(34-38(35,36)37)3(13,14)4(15,16)5(17,18)6(19,20)7(21,22)8(23,24)9(25,26)10(27,28)11(29,30)12(31,32)33/h2,34H,1H3,(H,35,36,37). The topological polar surface area (TPSA) is 66.4 Å². The molecule has 0 radical (unpaired) electrons. The summed E-state index contributed by atoms with van der Waals surface area (Å²) in [5.74, 6) is -78.8. The Bertz CT molecular complexity index is 984. The number of hydrogen-bond donors (Lipinski definition) is 2. The Labute approximate surface area is 194 Å². The summed E-state index contributed by atoms with van der Waals surface area (Å²) in [6.07, 6.45) is -8.07. The molecule has 230 valence electrons. The van der Waals surface area contributed by atoms with E-state index in [2.05, 4.69) is 0 Å². The predicted octanol–water partition coefficient (Wildman–Crippen LogP) is 6.05. The first-order valence-corrected chi connectivity index (χ1v) is 9.53. The molecule has 0 spiro atoms. The van der Waals surface area contributed by atoms with Crippen molar-refractivity contribution < 1.29 is 105 Å². The lowest BCUT2D eigenvalue weighted by atomic mass is 9.85. The lowest BCUT2D eigenvalue weighted by Crippen LogP contribution is -2.77. The Balaban J connectivity index is 7.12. The summed E-state index contributed by atoms with van der Waals surface area (Å²) in [5, 5.41) is 0. The van der Waals surface area contributed by atoms with Crippen molar-refractivity contribution >= 4 is 10.3 Å². The summed E-state index contributed by atoms with van der Waals surface area (Å²) in [5.41, 5.74) is 0. The fraction of sp³-hybridized carbons (Fsp3) is 1.00. The van der Waals surface area contributed by atoms with Gasteiger partial charge >= 0.3 is 69.8 Å². The monoisotopic (exact) mass is 643 g/mol. The third-order valence-corrected chi connectivity index (χ3v) is 5.06. The van der Waals surface area contributed by atoms with E-state index in [-0.39, 0.29) is 4.72 Å². The van der Waals surface area contributed by atoms with Gasteiger partial charge in [-0.3, -0.25) is 4.55 Å². The first-order valence-electron chi connectivity index (χ1n) is 8.09. The van der Waals surface area contributed by atoms with Crippen LogP contribution in [0.25, 0.3) is 0 Å². The van der Waals surface area contributed by atoms with Crippen LogP contribution >= 0.6 is 0 Å². The maximum atomic E-state index is 13.6. The summed E-state index contributed by atoms with van der Waals surface area (Å²) in [4.78, 5) is 0. The van der Waals surface area contributed by atoms with Gasteiger partial charge in [-0.25, -0.2) is 0 Å². The number of alkyl halides is 21. The molecule has 38 heavy (non-hydrogen) atoms. The van der Waals surface area contributed by atoms with E-state index in [1.807, 2.05) is 0 Å². The maximum absolute atomic E-state index is 13.6. The van der Waals surface area contributed by atoms with Crippen molar-refractivity contribution in [3.63, 3.8) is 0 Å². The summed E-state index contributed by atoms with van der Waals surface area (Å²) in [6.45, 7) is -0.698. The van der Waals surface area contributed by atoms with E-state index in [9.17, 15) is 101 Å². The van der Waals surface area contributed by atoms with Gasteiger partial charge < -0.3 is 0 Å². The zero-order valence-corrected chi connectivity index (χ0v) is 17.5. The second kappa shape index (κ2) is 8.95. The van der Waals surface area contributed by atoms with Crippen molar-refractivity contribution in [2.45, 2.75) is 72.4 Å². The van der Waals surface area contributed by atoms with Gasteiger partial charge in [0.1, 0.15) is 0 Å². The van der Waals surface area contributed by atoms with Crippen LogP contribution in [0.1, 0.15) is 6.92 Å². The molecule has 4 nitrogen and oxygen atoms in total. The molecule has 0 rings (SSSR count). The highest BCUT2D eigenvalue weighted by Crippen LogP contribution is 2.66. The number of rotatable bonds is 11. The molecule has 0 aromatic rings. The Morgan fingerprint density at radius 1 is 0.474 bits per heavy atom. The van der Waals surface area contributed by atoms with Crippen molar-refractivity contribution in [3.8, 4) is 0 Å². The lowest BCUT2D eigenvalue weighted by molar-refractivity contribution is -0.474. The van der Waals surface area contributed by atoms with Gasteiger partial charge in [0, 0.05) is 0 Å². The molecule has 2 N–H and O–H groups in total. The van der Waals surface area contributed by atoms with Gasteiger partial charge in [-0.15, -0.1) is 0 Å². The molecule has 0 aliphatic rings. The van der Waals surface area contributed by atoms with Gasteiger partial charge in [-0.1, -0.05) is 0 Å². The zero-order chi connectivity index (χ0) is 31.8. The van der Waals surface area contributed by atoms with Gasteiger partial charge in [-0.05, 0) is 6.92 Å². The SMILES string of the molecule is CC(NS(=O)(=O)O)C(F)(F)C(F)(F)C(F)(F)C(F)(F)C(F)(F)C(F)(F)C(F)(F)C(F)(F)C(F)(F)C(F)(F)F. The molecular formula is C12H6F21NO3S. The van der Waals surface area contributed by atoms with Crippen molar-refractivity contribution in [3.05, 3.63) is 0 Å². The highest BCUT2D eigenvalue weighted by molar-refractivity contribution is 7.83. The van der Waals surface area contributed by atoms with E-state index in [4.69, 9.17) is 4.55 Å². The van der Waals surface area contributed by atoms with Crippen LogP contribution in [0.5, 0.6) is 0 Å². The molecule has 0 aromatic heterocycles. The molecule has 0 bridgehead atoms. The average Bonchev–Trinajstić information content (AvgIpc) is 2.64. The fourth-order valence-corrected chi connectivity index (χ4v) is 2.73. The van der Waals surface area contributed by atoms with Gasteiger partial charge in [0.15, 0.2) is 0 Å². The Morgan fingerprint density at radius 2 is 0.684 bits per heavy atom. The maximum Gasteiger partial charge on any atom is 0.460 e. The Hall–Kier alpha value is -1.60. The van der Waals surface area contributed by atoms with E-state index in [0.717, 1.165) is 0 Å². The van der Waals surface area contributed by atoms with E-state index in [1.54, 1.807) is 0 Å². The number of nitrogens with one attached hydrogen (secondary N) is 1. The van der Waals surface area contributed by atoms with Crippen molar-refractivity contribution in [2.75, 3.05) is 0 Å². The fourth-order valence-electron chi connectivity index (χ4n) is 2.14. The minimum absolute atomic E-state index is 0.0923. The molecule has 0 amide bonds. The second-order valence-electron chi connectivity index (χ2n) is 7.03. The molecular weight excluding hydrogens is 637 g/mol. The smallest absolute Gasteiger partial charge is 0.273 e. The van der Waals surface area contributed by atoms with Crippen LogP contribution in [0.15, 0.2) is 0 Å². The zero-order valence-electron chi connectivity index (χ0n) is 16.7. The minimum atomic E-state index is -9.30. The van der Waals surface area contributed by atoms with E-state index in [1.165, 1.54) is 0 Å². The van der Waals surface area contributed by atoms with Crippen LogP contribution in [0.4, 0.5) is 92.2 Å². The molecule has 0 aliphatic carbocycles. The third-order valence-electron chi connectivity index (χ3n) is 4.40. The lowest BCUT2D eigenvalue weighted by Gasteiger charge is -2.45. The average molecular weight is 643 g/mol. The first kappa shape index (κ1) is 36.4. The van der Waals surface area contributed by atoms with Gasteiger partial charge in [0.25, 0.3) is 0 Å². The highest BCUT2D eigenvalue weighted by Gasteiger charge is 2.98. The number of hydrogen-bond acceptors (Lipinski definition) is 2. The van der Waals surface area contributed by atoms with Crippen LogP contribution in [0, 0.1) is 0 Å². The minimum Gasteiger partial charge on any atom is -0.273 e. The van der Waals surface area contributed by atoms with E-state index in [0.29, 0.717) is 0 Å². The van der Waals surface area contributed by atoms with Gasteiger partial charge in [-0.2, -0.15) is 105 Å².